The Morgan fingerprint density at radius 1 is 1.21 bits per heavy atom. The molecule has 2 rings (SSSR count). The van der Waals surface area contributed by atoms with Gasteiger partial charge in [0.05, 0.1) is 0 Å². The lowest BCUT2D eigenvalue weighted by atomic mass is 9.73. The molecule has 19 heavy (non-hydrogen) atoms. The number of benzene rings is 1. The SMILES string of the molecule is CC(C)[C@H]1CC[C@@H](C)/C(=C/c2ccc(Cl)cc2)C1=O. The second kappa shape index (κ2) is 5.92. The average molecular weight is 277 g/mol. The van der Waals surface area contributed by atoms with E-state index in [0.29, 0.717) is 17.6 Å². The van der Waals surface area contributed by atoms with E-state index in [9.17, 15) is 4.79 Å². The number of Topliss-reactive ketones (excluding diaryl/α,β-unsaturated/α-hetero) is 1. The first-order chi connectivity index (χ1) is 8.99. The Balaban J connectivity index is 2.29. The molecule has 1 aromatic rings. The molecular formula is C17H21ClO. The molecule has 0 heterocycles. The smallest absolute Gasteiger partial charge is 0.162 e. The molecule has 0 aliphatic heterocycles. The molecule has 1 nitrogen and oxygen atoms in total. The molecule has 1 aliphatic rings. The van der Waals surface area contributed by atoms with E-state index in [1.807, 2.05) is 30.3 Å². The maximum atomic E-state index is 12.6. The Bertz CT molecular complexity index is 484. The molecule has 1 saturated carbocycles. The van der Waals surface area contributed by atoms with Crippen LogP contribution in [0.4, 0.5) is 0 Å². The van der Waals surface area contributed by atoms with Gasteiger partial charge in [0.1, 0.15) is 0 Å². The summed E-state index contributed by atoms with van der Waals surface area (Å²) < 4.78 is 0. The van der Waals surface area contributed by atoms with Gasteiger partial charge < -0.3 is 0 Å². The van der Waals surface area contributed by atoms with Crippen molar-refractivity contribution in [2.45, 2.75) is 33.6 Å². The lowest BCUT2D eigenvalue weighted by molar-refractivity contribution is -0.122. The largest absolute Gasteiger partial charge is 0.294 e. The molecule has 1 aliphatic carbocycles. The van der Waals surface area contributed by atoms with Crippen LogP contribution in [-0.4, -0.2) is 5.78 Å². The van der Waals surface area contributed by atoms with Crippen LogP contribution in [0, 0.1) is 17.8 Å². The number of carbonyl (C=O) groups excluding carboxylic acids is 1. The predicted octanol–water partition coefficient (Wildman–Crippen LogP) is 4.99. The van der Waals surface area contributed by atoms with Crippen molar-refractivity contribution in [2.75, 3.05) is 0 Å². The molecule has 0 N–H and O–H groups in total. The fourth-order valence-electron chi connectivity index (χ4n) is 2.76. The van der Waals surface area contributed by atoms with Crippen molar-refractivity contribution in [3.63, 3.8) is 0 Å². The Morgan fingerprint density at radius 2 is 1.84 bits per heavy atom. The maximum Gasteiger partial charge on any atom is 0.162 e. The van der Waals surface area contributed by atoms with Crippen molar-refractivity contribution < 1.29 is 4.79 Å². The standard InChI is InChI=1S/C17H21ClO/c1-11(2)15-9-4-12(3)16(17(15)19)10-13-5-7-14(18)8-6-13/h5-8,10-12,15H,4,9H2,1-3H3/b16-10-/t12-,15-/m1/s1. The molecule has 0 aromatic heterocycles. The van der Waals surface area contributed by atoms with Gasteiger partial charge in [-0.1, -0.05) is 44.5 Å². The van der Waals surface area contributed by atoms with Crippen LogP contribution >= 0.6 is 11.6 Å². The van der Waals surface area contributed by atoms with E-state index in [1.165, 1.54) is 0 Å². The third-order valence-corrected chi connectivity index (χ3v) is 4.31. The summed E-state index contributed by atoms with van der Waals surface area (Å²) in [6.07, 6.45) is 4.17. The van der Waals surface area contributed by atoms with Gasteiger partial charge in [0, 0.05) is 10.9 Å². The third-order valence-electron chi connectivity index (χ3n) is 4.06. The molecule has 0 radical (unpaired) electrons. The van der Waals surface area contributed by atoms with Crippen LogP contribution in [0.3, 0.4) is 0 Å². The highest BCUT2D eigenvalue weighted by Gasteiger charge is 2.32. The van der Waals surface area contributed by atoms with Gasteiger partial charge in [0.2, 0.25) is 0 Å². The average Bonchev–Trinajstić information content (AvgIpc) is 2.36. The Hall–Kier alpha value is -1.08. The van der Waals surface area contributed by atoms with Gasteiger partial charge in [-0.2, -0.15) is 0 Å². The fourth-order valence-corrected chi connectivity index (χ4v) is 2.89. The highest BCUT2D eigenvalue weighted by Crippen LogP contribution is 2.35. The Morgan fingerprint density at radius 3 is 2.42 bits per heavy atom. The molecule has 2 heteroatoms. The number of hydrogen-bond acceptors (Lipinski definition) is 1. The molecule has 0 unspecified atom stereocenters. The van der Waals surface area contributed by atoms with Crippen LogP contribution in [0.1, 0.15) is 39.2 Å². The summed E-state index contributed by atoms with van der Waals surface area (Å²) in [6.45, 7) is 6.42. The number of halogens is 1. The number of hydrogen-bond donors (Lipinski definition) is 0. The molecule has 0 bridgehead atoms. The molecule has 1 fully saturated rings. The first kappa shape index (κ1) is 14.3. The Kier molecular flexibility index (Phi) is 4.46. The molecule has 0 spiro atoms. The quantitative estimate of drug-likeness (QED) is 0.695. The summed E-state index contributed by atoms with van der Waals surface area (Å²) in [5.41, 5.74) is 2.04. The highest BCUT2D eigenvalue weighted by atomic mass is 35.5. The van der Waals surface area contributed by atoms with Crippen molar-refractivity contribution in [1.29, 1.82) is 0 Å². The van der Waals surface area contributed by atoms with Crippen molar-refractivity contribution >= 4 is 23.5 Å². The zero-order valence-corrected chi connectivity index (χ0v) is 12.6. The van der Waals surface area contributed by atoms with E-state index in [0.717, 1.165) is 29.0 Å². The highest BCUT2D eigenvalue weighted by molar-refractivity contribution is 6.30. The van der Waals surface area contributed by atoms with Gasteiger partial charge in [0.25, 0.3) is 0 Å². The number of allylic oxidation sites excluding steroid dienone is 1. The minimum atomic E-state index is 0.190. The number of rotatable bonds is 2. The normalized spacial score (nSPS) is 26.2. The topological polar surface area (TPSA) is 17.1 Å². The number of ketones is 1. The first-order valence-electron chi connectivity index (χ1n) is 7.00. The zero-order valence-electron chi connectivity index (χ0n) is 11.8. The van der Waals surface area contributed by atoms with E-state index in [-0.39, 0.29) is 5.92 Å². The second-order valence-electron chi connectivity index (χ2n) is 5.84. The van der Waals surface area contributed by atoms with Crippen molar-refractivity contribution in [1.82, 2.24) is 0 Å². The summed E-state index contributed by atoms with van der Waals surface area (Å²) in [7, 11) is 0. The summed E-state index contributed by atoms with van der Waals surface area (Å²) in [5.74, 6) is 1.31. The predicted molar refractivity (Wildman–Crippen MR) is 81.2 cm³/mol. The maximum absolute atomic E-state index is 12.6. The van der Waals surface area contributed by atoms with Gasteiger partial charge in [-0.25, -0.2) is 0 Å². The molecule has 102 valence electrons. The fraction of sp³-hybridized carbons (Fsp3) is 0.471. The molecule has 0 saturated heterocycles. The summed E-state index contributed by atoms with van der Waals surface area (Å²) in [5, 5.41) is 0.727. The first-order valence-corrected chi connectivity index (χ1v) is 7.38. The molecule has 2 atom stereocenters. The van der Waals surface area contributed by atoms with Crippen LogP contribution in [0.2, 0.25) is 5.02 Å². The summed E-state index contributed by atoms with van der Waals surface area (Å²) in [4.78, 5) is 12.6. The molecular weight excluding hydrogens is 256 g/mol. The van der Waals surface area contributed by atoms with E-state index >= 15 is 0 Å². The van der Waals surface area contributed by atoms with Crippen molar-refractivity contribution in [3.8, 4) is 0 Å². The minimum absolute atomic E-state index is 0.190. The second-order valence-corrected chi connectivity index (χ2v) is 6.28. The van der Waals surface area contributed by atoms with Crippen molar-refractivity contribution in [2.24, 2.45) is 17.8 Å². The number of carbonyl (C=O) groups is 1. The van der Waals surface area contributed by atoms with Crippen LogP contribution < -0.4 is 0 Å². The monoisotopic (exact) mass is 276 g/mol. The zero-order chi connectivity index (χ0) is 14.0. The van der Waals surface area contributed by atoms with Crippen molar-refractivity contribution in [3.05, 3.63) is 40.4 Å². The lowest BCUT2D eigenvalue weighted by Gasteiger charge is -2.30. The van der Waals surface area contributed by atoms with Gasteiger partial charge in [-0.15, -0.1) is 0 Å². The van der Waals surface area contributed by atoms with Gasteiger partial charge in [-0.3, -0.25) is 4.79 Å². The van der Waals surface area contributed by atoms with Crippen LogP contribution in [0.25, 0.3) is 6.08 Å². The van der Waals surface area contributed by atoms with Gasteiger partial charge in [0.15, 0.2) is 5.78 Å². The van der Waals surface area contributed by atoms with E-state index in [4.69, 9.17) is 11.6 Å². The van der Waals surface area contributed by atoms with E-state index in [2.05, 4.69) is 20.8 Å². The summed E-state index contributed by atoms with van der Waals surface area (Å²) >= 11 is 5.89. The van der Waals surface area contributed by atoms with Crippen LogP contribution in [-0.2, 0) is 4.79 Å². The lowest BCUT2D eigenvalue weighted by Crippen LogP contribution is -2.30. The van der Waals surface area contributed by atoms with E-state index in [1.54, 1.807) is 0 Å². The Labute approximate surface area is 120 Å². The van der Waals surface area contributed by atoms with Crippen LogP contribution in [0.5, 0.6) is 0 Å². The van der Waals surface area contributed by atoms with Gasteiger partial charge in [-0.05, 0) is 54.0 Å². The molecule has 0 amide bonds. The van der Waals surface area contributed by atoms with E-state index < -0.39 is 0 Å². The molecule has 1 aromatic carbocycles. The third kappa shape index (κ3) is 3.27. The minimum Gasteiger partial charge on any atom is -0.294 e. The summed E-state index contributed by atoms with van der Waals surface area (Å²) in [6, 6.07) is 7.67. The van der Waals surface area contributed by atoms with Gasteiger partial charge >= 0.3 is 0 Å². The van der Waals surface area contributed by atoms with Crippen LogP contribution in [0.15, 0.2) is 29.8 Å².